The Morgan fingerprint density at radius 1 is 1.30 bits per heavy atom. The molecule has 20 heavy (non-hydrogen) atoms. The molecular weight excluding hydrogens is 255 g/mol. The number of rotatable bonds is 6. The lowest BCUT2D eigenvalue weighted by atomic mass is 10.1. The number of methoxy groups -OCH3 is 1. The minimum atomic E-state index is -0.309. The number of nitrogens with one attached hydrogen (secondary N) is 1. The van der Waals surface area contributed by atoms with Crippen molar-refractivity contribution in [3.05, 3.63) is 29.6 Å². The zero-order valence-corrected chi connectivity index (χ0v) is 12.5. The van der Waals surface area contributed by atoms with Crippen LogP contribution in [0.5, 0.6) is 5.75 Å². The van der Waals surface area contributed by atoms with Gasteiger partial charge in [-0.25, -0.2) is 4.39 Å². The molecule has 4 heteroatoms. The van der Waals surface area contributed by atoms with Gasteiger partial charge in [0.1, 0.15) is 0 Å². The van der Waals surface area contributed by atoms with Crippen LogP contribution < -0.4 is 10.1 Å². The van der Waals surface area contributed by atoms with Gasteiger partial charge in [-0.15, -0.1) is 0 Å². The Balaban J connectivity index is 1.80. The van der Waals surface area contributed by atoms with E-state index in [0.29, 0.717) is 5.75 Å². The Morgan fingerprint density at radius 2 is 2.05 bits per heavy atom. The third kappa shape index (κ3) is 4.18. The van der Waals surface area contributed by atoms with E-state index in [9.17, 15) is 4.39 Å². The van der Waals surface area contributed by atoms with Gasteiger partial charge in [0.2, 0.25) is 0 Å². The number of hydrogen-bond acceptors (Lipinski definition) is 3. The summed E-state index contributed by atoms with van der Waals surface area (Å²) in [5.41, 5.74) is 1.06. The van der Waals surface area contributed by atoms with Gasteiger partial charge in [0, 0.05) is 19.1 Å². The maximum atomic E-state index is 13.4. The number of nitrogens with zero attached hydrogens (tertiary/aromatic N) is 1. The lowest BCUT2D eigenvalue weighted by molar-refractivity contribution is 0.227. The average molecular weight is 280 g/mol. The number of benzene rings is 1. The van der Waals surface area contributed by atoms with Gasteiger partial charge >= 0.3 is 0 Å². The van der Waals surface area contributed by atoms with Crippen LogP contribution in [0.3, 0.4) is 0 Å². The molecule has 1 aliphatic rings. The summed E-state index contributed by atoms with van der Waals surface area (Å²) < 4.78 is 18.4. The van der Waals surface area contributed by atoms with Gasteiger partial charge in [-0.1, -0.05) is 12.5 Å². The molecule has 0 saturated carbocycles. The van der Waals surface area contributed by atoms with E-state index in [2.05, 4.69) is 17.1 Å². The molecule has 0 aliphatic carbocycles. The molecule has 3 nitrogen and oxygen atoms in total. The second-order valence-electron chi connectivity index (χ2n) is 5.47. The Labute approximate surface area is 121 Å². The maximum Gasteiger partial charge on any atom is 0.165 e. The Hall–Kier alpha value is -1.13. The summed E-state index contributed by atoms with van der Waals surface area (Å²) in [6, 6.07) is 5.26. The van der Waals surface area contributed by atoms with Gasteiger partial charge in [-0.2, -0.15) is 0 Å². The molecular formula is C16H25FN2O. The first kappa shape index (κ1) is 15.3. The normalized spacial score (nSPS) is 17.9. The van der Waals surface area contributed by atoms with E-state index in [1.54, 1.807) is 6.07 Å². The monoisotopic (exact) mass is 280 g/mol. The molecule has 1 aliphatic heterocycles. The van der Waals surface area contributed by atoms with Gasteiger partial charge < -0.3 is 15.0 Å². The summed E-state index contributed by atoms with van der Waals surface area (Å²) in [6.07, 6.45) is 4.02. The first-order chi connectivity index (χ1) is 9.70. The molecule has 0 bridgehead atoms. The largest absolute Gasteiger partial charge is 0.494 e. The van der Waals surface area contributed by atoms with Crippen LogP contribution in [0.1, 0.15) is 37.8 Å². The Bertz CT molecular complexity index is 419. The molecule has 0 amide bonds. The lowest BCUT2D eigenvalue weighted by Gasteiger charge is -2.27. The molecule has 1 heterocycles. The summed E-state index contributed by atoms with van der Waals surface area (Å²) in [5.74, 6) is 0.00365. The second kappa shape index (κ2) is 7.60. The topological polar surface area (TPSA) is 24.5 Å². The maximum absolute atomic E-state index is 13.4. The number of likely N-dealkylation sites (tertiary alicyclic amines) is 1. The van der Waals surface area contributed by atoms with Crippen molar-refractivity contribution < 1.29 is 9.13 Å². The van der Waals surface area contributed by atoms with Gasteiger partial charge in [0.25, 0.3) is 0 Å². The summed E-state index contributed by atoms with van der Waals surface area (Å²) in [7, 11) is 1.50. The smallest absolute Gasteiger partial charge is 0.165 e. The van der Waals surface area contributed by atoms with E-state index in [4.69, 9.17) is 4.74 Å². The number of hydrogen-bond donors (Lipinski definition) is 1. The average Bonchev–Trinajstić information content (AvgIpc) is 2.48. The highest BCUT2D eigenvalue weighted by atomic mass is 19.1. The fourth-order valence-corrected chi connectivity index (χ4v) is 2.69. The predicted octanol–water partition coefficient (Wildman–Crippen LogP) is 2.97. The van der Waals surface area contributed by atoms with Crippen LogP contribution in [-0.2, 0) is 0 Å². The van der Waals surface area contributed by atoms with Crippen LogP contribution in [0.25, 0.3) is 0 Å². The summed E-state index contributed by atoms with van der Waals surface area (Å²) in [6.45, 7) is 6.59. The third-order valence-corrected chi connectivity index (χ3v) is 4.00. The summed E-state index contributed by atoms with van der Waals surface area (Å²) in [5, 5.41) is 3.50. The first-order valence-corrected chi connectivity index (χ1v) is 7.50. The van der Waals surface area contributed by atoms with E-state index >= 15 is 0 Å². The van der Waals surface area contributed by atoms with Gasteiger partial charge in [-0.3, -0.25) is 0 Å². The fourth-order valence-electron chi connectivity index (χ4n) is 2.69. The molecule has 0 spiro atoms. The van der Waals surface area contributed by atoms with E-state index in [-0.39, 0.29) is 11.9 Å². The predicted molar refractivity (Wildman–Crippen MR) is 79.7 cm³/mol. The Kier molecular flexibility index (Phi) is 5.80. The minimum absolute atomic E-state index is 0.203. The van der Waals surface area contributed by atoms with Crippen molar-refractivity contribution >= 4 is 0 Å². The van der Waals surface area contributed by atoms with Crippen molar-refractivity contribution in [1.29, 1.82) is 0 Å². The van der Waals surface area contributed by atoms with E-state index in [0.717, 1.165) is 18.7 Å². The molecule has 112 valence electrons. The SMILES string of the molecule is COc1cc(C(C)NCCN2CCCCC2)ccc1F. The molecule has 2 rings (SSSR count). The van der Waals surface area contributed by atoms with Crippen molar-refractivity contribution in [3.8, 4) is 5.75 Å². The first-order valence-electron chi connectivity index (χ1n) is 7.50. The molecule has 1 saturated heterocycles. The van der Waals surface area contributed by atoms with Crippen molar-refractivity contribution in [2.24, 2.45) is 0 Å². The molecule has 1 aromatic carbocycles. The van der Waals surface area contributed by atoms with Crippen LogP contribution in [0.4, 0.5) is 4.39 Å². The van der Waals surface area contributed by atoms with Crippen LogP contribution in [0, 0.1) is 5.82 Å². The quantitative estimate of drug-likeness (QED) is 0.867. The summed E-state index contributed by atoms with van der Waals surface area (Å²) in [4.78, 5) is 2.51. The molecule has 1 unspecified atom stereocenters. The zero-order valence-electron chi connectivity index (χ0n) is 12.5. The minimum Gasteiger partial charge on any atom is -0.494 e. The molecule has 1 N–H and O–H groups in total. The highest BCUT2D eigenvalue weighted by molar-refractivity contribution is 5.31. The number of halogens is 1. The zero-order chi connectivity index (χ0) is 14.4. The molecule has 1 fully saturated rings. The van der Waals surface area contributed by atoms with Gasteiger partial charge in [0.15, 0.2) is 11.6 Å². The van der Waals surface area contributed by atoms with Gasteiger partial charge in [0.05, 0.1) is 7.11 Å². The van der Waals surface area contributed by atoms with E-state index < -0.39 is 0 Å². The lowest BCUT2D eigenvalue weighted by Crippen LogP contribution is -2.36. The summed E-state index contributed by atoms with van der Waals surface area (Å²) >= 11 is 0. The van der Waals surface area contributed by atoms with Crippen molar-refractivity contribution in [3.63, 3.8) is 0 Å². The molecule has 1 aromatic rings. The molecule has 0 aromatic heterocycles. The van der Waals surface area contributed by atoms with E-state index in [1.165, 1.54) is 45.5 Å². The van der Waals surface area contributed by atoms with Crippen LogP contribution in [0.15, 0.2) is 18.2 Å². The van der Waals surface area contributed by atoms with Crippen molar-refractivity contribution in [1.82, 2.24) is 10.2 Å². The second-order valence-corrected chi connectivity index (χ2v) is 5.47. The molecule has 0 radical (unpaired) electrons. The molecule has 1 atom stereocenters. The third-order valence-electron chi connectivity index (χ3n) is 4.00. The van der Waals surface area contributed by atoms with Crippen molar-refractivity contribution in [2.75, 3.05) is 33.3 Å². The van der Waals surface area contributed by atoms with E-state index in [1.807, 2.05) is 6.07 Å². The fraction of sp³-hybridized carbons (Fsp3) is 0.625. The van der Waals surface area contributed by atoms with Crippen molar-refractivity contribution in [2.45, 2.75) is 32.2 Å². The highest BCUT2D eigenvalue weighted by Gasteiger charge is 2.12. The number of ether oxygens (including phenoxy) is 1. The van der Waals surface area contributed by atoms with Gasteiger partial charge in [-0.05, 0) is 50.6 Å². The Morgan fingerprint density at radius 3 is 2.75 bits per heavy atom. The van der Waals surface area contributed by atoms with Crippen LogP contribution in [-0.4, -0.2) is 38.2 Å². The van der Waals surface area contributed by atoms with Crippen LogP contribution >= 0.6 is 0 Å². The van der Waals surface area contributed by atoms with Crippen LogP contribution in [0.2, 0.25) is 0 Å². The number of piperidine rings is 1. The standard InChI is InChI=1S/C16H25FN2O/c1-13(14-6-7-15(17)16(12-14)20-2)18-8-11-19-9-4-3-5-10-19/h6-7,12-13,18H,3-5,8-11H2,1-2H3. The highest BCUT2D eigenvalue weighted by Crippen LogP contribution is 2.22.